The normalized spacial score (nSPS) is 17.4. The Labute approximate surface area is 114 Å². The Bertz CT molecular complexity index is 492. The fourth-order valence-electron chi connectivity index (χ4n) is 2.10. The van der Waals surface area contributed by atoms with Crippen molar-refractivity contribution in [3.8, 4) is 0 Å². The molecule has 0 radical (unpaired) electrons. The van der Waals surface area contributed by atoms with E-state index in [0.717, 1.165) is 4.47 Å². The number of rotatable bonds is 3. The van der Waals surface area contributed by atoms with Crippen molar-refractivity contribution in [1.82, 2.24) is 9.47 Å². The summed E-state index contributed by atoms with van der Waals surface area (Å²) in [5.74, 6) is -1.17. The van der Waals surface area contributed by atoms with Gasteiger partial charge in [-0.05, 0) is 22.0 Å². The van der Waals surface area contributed by atoms with Gasteiger partial charge in [0, 0.05) is 36.7 Å². The molecule has 0 bridgehead atoms. The van der Waals surface area contributed by atoms with E-state index >= 15 is 0 Å². The summed E-state index contributed by atoms with van der Waals surface area (Å²) in [4.78, 5) is 24.6. The van der Waals surface area contributed by atoms with Gasteiger partial charge in [0.05, 0.1) is 5.92 Å². The highest BCUT2D eigenvalue weighted by molar-refractivity contribution is 9.10. The van der Waals surface area contributed by atoms with Gasteiger partial charge in [0.15, 0.2) is 0 Å². The number of aromatic nitrogens is 1. The zero-order valence-corrected chi connectivity index (χ0v) is 11.8. The van der Waals surface area contributed by atoms with Crippen LogP contribution in [0.1, 0.15) is 17.4 Å². The van der Waals surface area contributed by atoms with Crippen molar-refractivity contribution in [2.75, 3.05) is 13.1 Å². The SMILES string of the molecule is CC(C(=O)O)C1CN(C(=O)c2cc(Br)cn2C)C1. The molecule has 0 spiro atoms. The van der Waals surface area contributed by atoms with Gasteiger partial charge in [0.1, 0.15) is 5.69 Å². The molecular weight excluding hydrogens is 300 g/mol. The Balaban J connectivity index is 1.98. The number of aryl methyl sites for hydroxylation is 1. The average Bonchev–Trinajstić information content (AvgIpc) is 2.55. The number of halogens is 1. The first-order valence-electron chi connectivity index (χ1n) is 5.74. The molecule has 5 nitrogen and oxygen atoms in total. The molecule has 1 aromatic heterocycles. The van der Waals surface area contributed by atoms with E-state index in [1.54, 1.807) is 22.5 Å². The fraction of sp³-hybridized carbons (Fsp3) is 0.500. The van der Waals surface area contributed by atoms with Crippen LogP contribution >= 0.6 is 15.9 Å². The molecule has 2 heterocycles. The van der Waals surface area contributed by atoms with Crippen molar-refractivity contribution < 1.29 is 14.7 Å². The van der Waals surface area contributed by atoms with Crippen LogP contribution in [-0.4, -0.2) is 39.5 Å². The van der Waals surface area contributed by atoms with Crippen molar-refractivity contribution in [3.63, 3.8) is 0 Å². The van der Waals surface area contributed by atoms with E-state index in [4.69, 9.17) is 5.11 Å². The summed E-state index contributed by atoms with van der Waals surface area (Å²) >= 11 is 3.33. The van der Waals surface area contributed by atoms with Crippen LogP contribution in [-0.2, 0) is 11.8 Å². The monoisotopic (exact) mass is 314 g/mol. The maximum Gasteiger partial charge on any atom is 0.306 e. The molecule has 6 heteroatoms. The number of carbonyl (C=O) groups excluding carboxylic acids is 1. The van der Waals surface area contributed by atoms with Gasteiger partial charge in [-0.25, -0.2) is 0 Å². The Morgan fingerprint density at radius 2 is 2.11 bits per heavy atom. The molecule has 2 rings (SSSR count). The second-order valence-corrected chi connectivity index (χ2v) is 5.67. The largest absolute Gasteiger partial charge is 0.481 e. The van der Waals surface area contributed by atoms with Gasteiger partial charge in [-0.15, -0.1) is 0 Å². The Morgan fingerprint density at radius 3 is 2.56 bits per heavy atom. The van der Waals surface area contributed by atoms with Crippen molar-refractivity contribution in [2.45, 2.75) is 6.92 Å². The van der Waals surface area contributed by atoms with E-state index in [9.17, 15) is 9.59 Å². The van der Waals surface area contributed by atoms with Gasteiger partial charge in [-0.3, -0.25) is 9.59 Å². The zero-order valence-electron chi connectivity index (χ0n) is 10.3. The van der Waals surface area contributed by atoms with Crippen LogP contribution in [0.4, 0.5) is 0 Å². The molecule has 1 aliphatic heterocycles. The summed E-state index contributed by atoms with van der Waals surface area (Å²) in [6, 6.07) is 1.77. The van der Waals surface area contributed by atoms with Gasteiger partial charge in [0.25, 0.3) is 5.91 Å². The molecule has 1 aromatic rings. The lowest BCUT2D eigenvalue weighted by Crippen LogP contribution is -2.53. The summed E-state index contributed by atoms with van der Waals surface area (Å²) in [7, 11) is 1.81. The molecule has 0 aromatic carbocycles. The Morgan fingerprint density at radius 1 is 1.50 bits per heavy atom. The second kappa shape index (κ2) is 4.76. The van der Waals surface area contributed by atoms with E-state index in [1.807, 2.05) is 13.2 Å². The Kier molecular flexibility index (Phi) is 3.47. The van der Waals surface area contributed by atoms with E-state index in [1.165, 1.54) is 0 Å². The molecule has 0 saturated carbocycles. The maximum absolute atomic E-state index is 12.1. The molecular formula is C12H15BrN2O3. The minimum absolute atomic E-state index is 0.0444. The highest BCUT2D eigenvalue weighted by Crippen LogP contribution is 2.26. The van der Waals surface area contributed by atoms with E-state index in [0.29, 0.717) is 18.8 Å². The lowest BCUT2D eigenvalue weighted by molar-refractivity contribution is -0.144. The third kappa shape index (κ3) is 2.29. The lowest BCUT2D eigenvalue weighted by atomic mass is 9.87. The number of aliphatic carboxylic acids is 1. The van der Waals surface area contributed by atoms with E-state index in [2.05, 4.69) is 15.9 Å². The lowest BCUT2D eigenvalue weighted by Gasteiger charge is -2.41. The van der Waals surface area contributed by atoms with Gasteiger partial charge in [-0.1, -0.05) is 6.92 Å². The third-order valence-corrected chi connectivity index (χ3v) is 3.92. The smallest absolute Gasteiger partial charge is 0.306 e. The Hall–Kier alpha value is -1.30. The molecule has 1 atom stereocenters. The number of carbonyl (C=O) groups is 2. The fourth-order valence-corrected chi connectivity index (χ4v) is 2.62. The van der Waals surface area contributed by atoms with Crippen LogP contribution < -0.4 is 0 Å². The van der Waals surface area contributed by atoms with Gasteiger partial charge < -0.3 is 14.6 Å². The molecule has 18 heavy (non-hydrogen) atoms. The average molecular weight is 315 g/mol. The third-order valence-electron chi connectivity index (χ3n) is 3.48. The predicted molar refractivity (Wildman–Crippen MR) is 69.3 cm³/mol. The highest BCUT2D eigenvalue weighted by Gasteiger charge is 2.37. The minimum atomic E-state index is -0.797. The molecule has 1 saturated heterocycles. The van der Waals surface area contributed by atoms with Crippen LogP contribution in [0, 0.1) is 11.8 Å². The second-order valence-electron chi connectivity index (χ2n) is 4.75. The molecule has 98 valence electrons. The maximum atomic E-state index is 12.1. The van der Waals surface area contributed by atoms with Crippen molar-refractivity contribution in [1.29, 1.82) is 0 Å². The number of nitrogens with zero attached hydrogens (tertiary/aromatic N) is 2. The topological polar surface area (TPSA) is 62.5 Å². The van der Waals surface area contributed by atoms with E-state index in [-0.39, 0.29) is 11.8 Å². The van der Waals surface area contributed by atoms with Crippen LogP contribution in [0.5, 0.6) is 0 Å². The van der Waals surface area contributed by atoms with Gasteiger partial charge >= 0.3 is 5.97 Å². The van der Waals surface area contributed by atoms with Crippen molar-refractivity contribution in [2.24, 2.45) is 18.9 Å². The molecule has 1 N–H and O–H groups in total. The molecule has 0 aliphatic carbocycles. The highest BCUT2D eigenvalue weighted by atomic mass is 79.9. The first kappa shape index (κ1) is 13.1. The molecule has 1 amide bonds. The predicted octanol–water partition coefficient (Wildman–Crippen LogP) is 1.58. The van der Waals surface area contributed by atoms with Crippen molar-refractivity contribution >= 4 is 27.8 Å². The van der Waals surface area contributed by atoms with E-state index < -0.39 is 11.9 Å². The van der Waals surface area contributed by atoms with Gasteiger partial charge in [-0.2, -0.15) is 0 Å². The first-order chi connectivity index (χ1) is 8.40. The number of hydrogen-bond acceptors (Lipinski definition) is 2. The molecule has 1 unspecified atom stereocenters. The number of carboxylic acids is 1. The first-order valence-corrected chi connectivity index (χ1v) is 6.53. The molecule has 1 fully saturated rings. The molecule has 1 aliphatic rings. The van der Waals surface area contributed by atoms with Gasteiger partial charge in [0.2, 0.25) is 0 Å². The summed E-state index contributed by atoms with van der Waals surface area (Å²) < 4.78 is 2.63. The standard InChI is InChI=1S/C12H15BrN2O3/c1-7(12(17)18)8-4-15(5-8)11(16)10-3-9(13)6-14(10)2/h3,6-8H,4-5H2,1-2H3,(H,17,18). The van der Waals surface area contributed by atoms with Crippen LogP contribution in [0.2, 0.25) is 0 Å². The summed E-state index contributed by atoms with van der Waals surface area (Å²) in [5.41, 5.74) is 0.614. The van der Waals surface area contributed by atoms with Crippen LogP contribution in [0.25, 0.3) is 0 Å². The summed E-state index contributed by atoms with van der Waals surface area (Å²) in [6.45, 7) is 2.73. The summed E-state index contributed by atoms with van der Waals surface area (Å²) in [5, 5.41) is 8.89. The quantitative estimate of drug-likeness (QED) is 0.921. The van der Waals surface area contributed by atoms with Crippen molar-refractivity contribution in [3.05, 3.63) is 22.4 Å². The number of likely N-dealkylation sites (tertiary alicyclic amines) is 1. The number of hydrogen-bond donors (Lipinski definition) is 1. The number of amides is 1. The minimum Gasteiger partial charge on any atom is -0.481 e. The summed E-state index contributed by atoms with van der Waals surface area (Å²) in [6.07, 6.45) is 1.82. The van der Waals surface area contributed by atoms with Crippen LogP contribution in [0.3, 0.4) is 0 Å². The zero-order chi connectivity index (χ0) is 13.4. The number of carboxylic acid groups (broad SMARTS) is 1. The van der Waals surface area contributed by atoms with Crippen LogP contribution in [0.15, 0.2) is 16.7 Å².